The fraction of sp³-hybridized carbons (Fsp3) is 0.909. The van der Waals surface area contributed by atoms with E-state index in [9.17, 15) is 0 Å². The zero-order valence-electron chi connectivity index (χ0n) is 8.97. The lowest BCUT2D eigenvalue weighted by molar-refractivity contribution is 0.442. The van der Waals surface area contributed by atoms with E-state index >= 15 is 0 Å². The first-order valence-corrected chi connectivity index (χ1v) is 6.34. The number of alkyl halides is 2. The highest BCUT2D eigenvalue weighted by Gasteiger charge is 2.18. The van der Waals surface area contributed by atoms with E-state index in [-0.39, 0.29) is 0 Å². The SMILES string of the molecule is CC(C)C(=NC1CCCCC1)C(Cl)Cl. The molecule has 1 fully saturated rings. The molecule has 0 heterocycles. The van der Waals surface area contributed by atoms with Crippen LogP contribution in [0.5, 0.6) is 0 Å². The average Bonchev–Trinajstić information content (AvgIpc) is 2.15. The van der Waals surface area contributed by atoms with E-state index in [0.29, 0.717) is 12.0 Å². The van der Waals surface area contributed by atoms with Crippen molar-refractivity contribution in [3.8, 4) is 0 Å². The minimum atomic E-state index is -0.433. The zero-order chi connectivity index (χ0) is 10.6. The molecule has 0 bridgehead atoms. The van der Waals surface area contributed by atoms with Crippen LogP contribution in [0.4, 0.5) is 0 Å². The molecule has 1 aliphatic carbocycles. The van der Waals surface area contributed by atoms with Gasteiger partial charge in [-0.2, -0.15) is 0 Å². The lowest BCUT2D eigenvalue weighted by atomic mass is 9.95. The molecule has 0 radical (unpaired) electrons. The third kappa shape index (κ3) is 3.78. The highest BCUT2D eigenvalue weighted by atomic mass is 35.5. The van der Waals surface area contributed by atoms with Crippen molar-refractivity contribution in [1.29, 1.82) is 0 Å². The molecule has 1 aliphatic rings. The van der Waals surface area contributed by atoms with Crippen molar-refractivity contribution in [2.24, 2.45) is 10.9 Å². The van der Waals surface area contributed by atoms with Gasteiger partial charge in [0.05, 0.1) is 0 Å². The molecule has 1 rings (SSSR count). The second kappa shape index (κ2) is 5.97. The Bertz CT molecular complexity index is 183. The van der Waals surface area contributed by atoms with Gasteiger partial charge in [-0.05, 0) is 18.8 Å². The first kappa shape index (κ1) is 12.3. The molecule has 1 saturated carbocycles. The van der Waals surface area contributed by atoms with Gasteiger partial charge in [0.15, 0.2) is 0 Å². The van der Waals surface area contributed by atoms with Crippen molar-refractivity contribution in [3.63, 3.8) is 0 Å². The van der Waals surface area contributed by atoms with Crippen LogP contribution in [0.1, 0.15) is 46.0 Å². The molecule has 0 saturated heterocycles. The molecular formula is C11H19Cl2N. The zero-order valence-corrected chi connectivity index (χ0v) is 10.5. The number of rotatable bonds is 3. The van der Waals surface area contributed by atoms with E-state index in [4.69, 9.17) is 23.2 Å². The van der Waals surface area contributed by atoms with Gasteiger partial charge in [0.2, 0.25) is 0 Å². The molecule has 82 valence electrons. The van der Waals surface area contributed by atoms with E-state index in [1.54, 1.807) is 0 Å². The van der Waals surface area contributed by atoms with Crippen LogP contribution in [-0.2, 0) is 0 Å². The molecule has 0 aromatic heterocycles. The highest BCUT2D eigenvalue weighted by Crippen LogP contribution is 2.23. The molecule has 0 aliphatic heterocycles. The smallest absolute Gasteiger partial charge is 0.145 e. The summed E-state index contributed by atoms with van der Waals surface area (Å²) in [5.41, 5.74) is 0.959. The average molecular weight is 236 g/mol. The third-order valence-electron chi connectivity index (χ3n) is 2.72. The van der Waals surface area contributed by atoms with Crippen LogP contribution in [0.3, 0.4) is 0 Å². The Morgan fingerprint density at radius 1 is 1.14 bits per heavy atom. The summed E-state index contributed by atoms with van der Waals surface area (Å²) in [7, 11) is 0. The molecule has 0 atom stereocenters. The van der Waals surface area contributed by atoms with Gasteiger partial charge in [-0.25, -0.2) is 0 Å². The monoisotopic (exact) mass is 235 g/mol. The van der Waals surface area contributed by atoms with Crippen molar-refractivity contribution < 1.29 is 0 Å². The van der Waals surface area contributed by atoms with Crippen LogP contribution >= 0.6 is 23.2 Å². The molecule has 1 nitrogen and oxygen atoms in total. The largest absolute Gasteiger partial charge is 0.288 e. The van der Waals surface area contributed by atoms with E-state index in [1.807, 2.05) is 0 Å². The van der Waals surface area contributed by atoms with Gasteiger partial charge >= 0.3 is 0 Å². The van der Waals surface area contributed by atoms with Crippen LogP contribution < -0.4 is 0 Å². The number of aliphatic imine (C=N–C) groups is 1. The van der Waals surface area contributed by atoms with Gasteiger partial charge in [0.1, 0.15) is 4.84 Å². The quantitative estimate of drug-likeness (QED) is 0.514. The van der Waals surface area contributed by atoms with E-state index < -0.39 is 4.84 Å². The Labute approximate surface area is 96.9 Å². The summed E-state index contributed by atoms with van der Waals surface area (Å²) >= 11 is 11.8. The van der Waals surface area contributed by atoms with Gasteiger partial charge in [-0.1, -0.05) is 56.3 Å². The predicted molar refractivity (Wildman–Crippen MR) is 64.6 cm³/mol. The van der Waals surface area contributed by atoms with E-state index in [2.05, 4.69) is 18.8 Å². The van der Waals surface area contributed by atoms with Crippen LogP contribution in [0.25, 0.3) is 0 Å². The summed E-state index contributed by atoms with van der Waals surface area (Å²) in [6, 6.07) is 0.473. The summed E-state index contributed by atoms with van der Waals surface area (Å²) in [6.07, 6.45) is 6.37. The summed E-state index contributed by atoms with van der Waals surface area (Å²) < 4.78 is 0. The van der Waals surface area contributed by atoms with Crippen molar-refractivity contribution in [3.05, 3.63) is 0 Å². The summed E-state index contributed by atoms with van der Waals surface area (Å²) in [5.74, 6) is 0.358. The molecule has 0 unspecified atom stereocenters. The summed E-state index contributed by atoms with van der Waals surface area (Å²) in [4.78, 5) is 4.25. The minimum absolute atomic E-state index is 0.358. The van der Waals surface area contributed by atoms with Crippen LogP contribution in [0.15, 0.2) is 4.99 Å². The molecule has 0 spiro atoms. The summed E-state index contributed by atoms with van der Waals surface area (Å²) in [5, 5.41) is 0. The lowest BCUT2D eigenvalue weighted by Gasteiger charge is -2.21. The molecular weight excluding hydrogens is 217 g/mol. The highest BCUT2D eigenvalue weighted by molar-refractivity contribution is 6.54. The maximum absolute atomic E-state index is 5.89. The lowest BCUT2D eigenvalue weighted by Crippen LogP contribution is -2.21. The Hall–Kier alpha value is 0.250. The molecule has 0 aromatic carbocycles. The van der Waals surface area contributed by atoms with Crippen molar-refractivity contribution >= 4 is 28.9 Å². The Morgan fingerprint density at radius 2 is 1.71 bits per heavy atom. The third-order valence-corrected chi connectivity index (χ3v) is 3.17. The van der Waals surface area contributed by atoms with E-state index in [1.165, 1.54) is 32.1 Å². The predicted octanol–water partition coefficient (Wildman–Crippen LogP) is 4.22. The fourth-order valence-electron chi connectivity index (χ4n) is 1.88. The Morgan fingerprint density at radius 3 is 2.14 bits per heavy atom. The first-order chi connectivity index (χ1) is 6.61. The molecule has 3 heteroatoms. The van der Waals surface area contributed by atoms with Gasteiger partial charge in [0.25, 0.3) is 0 Å². The summed E-state index contributed by atoms with van der Waals surface area (Å²) in [6.45, 7) is 4.19. The fourth-order valence-corrected chi connectivity index (χ4v) is 2.49. The van der Waals surface area contributed by atoms with Gasteiger partial charge < -0.3 is 0 Å². The minimum Gasteiger partial charge on any atom is -0.288 e. The van der Waals surface area contributed by atoms with Crippen molar-refractivity contribution in [2.45, 2.75) is 56.8 Å². The van der Waals surface area contributed by atoms with Crippen molar-refractivity contribution in [1.82, 2.24) is 0 Å². The van der Waals surface area contributed by atoms with Crippen LogP contribution in [-0.4, -0.2) is 16.6 Å². The van der Waals surface area contributed by atoms with Crippen LogP contribution in [0, 0.1) is 5.92 Å². The topological polar surface area (TPSA) is 12.4 Å². The van der Waals surface area contributed by atoms with Gasteiger partial charge in [-0.3, -0.25) is 4.99 Å². The second-order valence-corrected chi connectivity index (χ2v) is 5.40. The number of nitrogens with zero attached hydrogens (tertiary/aromatic N) is 1. The molecule has 0 amide bonds. The van der Waals surface area contributed by atoms with Gasteiger partial charge in [0, 0.05) is 11.8 Å². The Kier molecular flexibility index (Phi) is 5.25. The standard InChI is InChI=1S/C11H19Cl2N/c1-8(2)10(11(12)13)14-9-6-4-3-5-7-9/h8-9,11H,3-7H2,1-2H3. The second-order valence-electron chi connectivity index (χ2n) is 4.30. The Balaban J connectivity index is 2.60. The normalized spacial score (nSPS) is 20.9. The number of halogens is 2. The van der Waals surface area contributed by atoms with Gasteiger partial charge in [-0.15, -0.1) is 0 Å². The molecule has 0 N–H and O–H groups in total. The number of hydrogen-bond acceptors (Lipinski definition) is 1. The maximum atomic E-state index is 5.89. The van der Waals surface area contributed by atoms with Crippen LogP contribution in [0.2, 0.25) is 0 Å². The first-order valence-electron chi connectivity index (χ1n) is 5.47. The maximum Gasteiger partial charge on any atom is 0.145 e. The molecule has 0 aromatic rings. The number of hydrogen-bond donors (Lipinski definition) is 0. The molecule has 14 heavy (non-hydrogen) atoms. The van der Waals surface area contributed by atoms with Crippen molar-refractivity contribution in [2.75, 3.05) is 0 Å². The van der Waals surface area contributed by atoms with E-state index in [0.717, 1.165) is 5.71 Å².